The first-order chi connectivity index (χ1) is 12.4. The highest BCUT2D eigenvalue weighted by molar-refractivity contribution is 5.84. The van der Waals surface area contributed by atoms with E-state index in [0.717, 1.165) is 16.5 Å². The fraction of sp³-hybridized carbons (Fsp3) is 0.333. The minimum atomic E-state index is -0.692. The number of fused-ring (bicyclic) bond motifs is 1. The lowest BCUT2D eigenvalue weighted by Crippen LogP contribution is -2.13. The van der Waals surface area contributed by atoms with Crippen molar-refractivity contribution in [2.24, 2.45) is 0 Å². The predicted octanol–water partition coefficient (Wildman–Crippen LogP) is 4.92. The molecule has 0 fully saturated rings. The molecule has 0 radical (unpaired) electrons. The van der Waals surface area contributed by atoms with Crippen molar-refractivity contribution in [1.29, 1.82) is 0 Å². The summed E-state index contributed by atoms with van der Waals surface area (Å²) in [6, 6.07) is 12.1. The van der Waals surface area contributed by atoms with Gasteiger partial charge in [0.25, 0.3) is 0 Å². The molecule has 3 rings (SSSR count). The zero-order valence-corrected chi connectivity index (χ0v) is 15.7. The van der Waals surface area contributed by atoms with Gasteiger partial charge in [0.15, 0.2) is 0 Å². The lowest BCUT2D eigenvalue weighted by atomic mass is 9.86. The summed E-state index contributed by atoms with van der Waals surface area (Å²) in [7, 11) is 0. The summed E-state index contributed by atoms with van der Waals surface area (Å²) in [4.78, 5) is 15.9. The molecule has 5 nitrogen and oxygen atoms in total. The van der Waals surface area contributed by atoms with Crippen LogP contribution in [0.5, 0.6) is 5.88 Å². The topological polar surface area (TPSA) is 53.4 Å². The molecule has 0 N–H and O–H groups in total. The Balaban J connectivity index is 2.06. The standard InChI is InChI=1S/C21H24N2O3/c1-5-25-20(24)26-19-13-16-12-17(21(2,3)4)6-7-18(16)23(19)14-15-8-10-22-11-9-15/h6-13H,5,14H2,1-4H3. The van der Waals surface area contributed by atoms with Crippen molar-refractivity contribution in [3.8, 4) is 5.88 Å². The molecule has 0 aliphatic carbocycles. The summed E-state index contributed by atoms with van der Waals surface area (Å²) in [5, 5.41) is 1.03. The van der Waals surface area contributed by atoms with Crippen LogP contribution in [0.2, 0.25) is 0 Å². The van der Waals surface area contributed by atoms with Crippen LogP contribution < -0.4 is 4.74 Å². The first-order valence-electron chi connectivity index (χ1n) is 8.76. The van der Waals surface area contributed by atoms with Crippen LogP contribution in [0.15, 0.2) is 48.8 Å². The monoisotopic (exact) mass is 352 g/mol. The summed E-state index contributed by atoms with van der Waals surface area (Å²) in [6.07, 6.45) is 2.82. The van der Waals surface area contributed by atoms with Crippen molar-refractivity contribution in [3.05, 3.63) is 59.9 Å². The van der Waals surface area contributed by atoms with E-state index in [1.54, 1.807) is 19.3 Å². The third-order valence-electron chi connectivity index (χ3n) is 4.27. The van der Waals surface area contributed by atoms with Crippen LogP contribution in [0.3, 0.4) is 0 Å². The Morgan fingerprint density at radius 2 is 1.85 bits per heavy atom. The summed E-state index contributed by atoms with van der Waals surface area (Å²) in [6.45, 7) is 9.14. The number of hydrogen-bond donors (Lipinski definition) is 0. The van der Waals surface area contributed by atoms with E-state index in [9.17, 15) is 4.79 Å². The molecule has 0 aliphatic rings. The molecular formula is C21H24N2O3. The number of benzene rings is 1. The van der Waals surface area contributed by atoms with Crippen LogP contribution in [0, 0.1) is 0 Å². The Bertz CT molecular complexity index is 908. The minimum absolute atomic E-state index is 0.0452. The van der Waals surface area contributed by atoms with Gasteiger partial charge < -0.3 is 14.0 Å². The maximum absolute atomic E-state index is 11.9. The third-order valence-corrected chi connectivity index (χ3v) is 4.27. The average molecular weight is 352 g/mol. The van der Waals surface area contributed by atoms with Crippen molar-refractivity contribution in [1.82, 2.24) is 9.55 Å². The third kappa shape index (κ3) is 3.87. The SMILES string of the molecule is CCOC(=O)Oc1cc2cc(C(C)(C)C)ccc2n1Cc1ccncc1. The number of ether oxygens (including phenoxy) is 2. The number of aromatic nitrogens is 2. The van der Waals surface area contributed by atoms with Crippen LogP contribution in [-0.2, 0) is 16.7 Å². The van der Waals surface area contributed by atoms with E-state index in [1.165, 1.54) is 5.56 Å². The van der Waals surface area contributed by atoms with E-state index in [-0.39, 0.29) is 12.0 Å². The molecule has 5 heteroatoms. The smallest absolute Gasteiger partial charge is 0.434 e. The van der Waals surface area contributed by atoms with Gasteiger partial charge in [0.2, 0.25) is 5.88 Å². The molecular weight excluding hydrogens is 328 g/mol. The van der Waals surface area contributed by atoms with Crippen molar-refractivity contribution < 1.29 is 14.3 Å². The number of carbonyl (C=O) groups is 1. The Hall–Kier alpha value is -2.82. The molecule has 0 atom stereocenters. The van der Waals surface area contributed by atoms with Crippen molar-refractivity contribution >= 4 is 17.1 Å². The molecule has 0 amide bonds. The number of carbonyl (C=O) groups excluding carboxylic acids is 1. The van der Waals surface area contributed by atoms with E-state index in [2.05, 4.69) is 44.0 Å². The molecule has 0 saturated heterocycles. The van der Waals surface area contributed by atoms with Crippen LogP contribution in [0.4, 0.5) is 4.79 Å². The van der Waals surface area contributed by atoms with Crippen molar-refractivity contribution in [3.63, 3.8) is 0 Å². The normalized spacial score (nSPS) is 11.5. The average Bonchev–Trinajstić information content (AvgIpc) is 2.92. The second-order valence-electron chi connectivity index (χ2n) is 7.23. The van der Waals surface area contributed by atoms with Gasteiger partial charge in [0.05, 0.1) is 18.7 Å². The lowest BCUT2D eigenvalue weighted by Gasteiger charge is -2.19. The highest BCUT2D eigenvalue weighted by Crippen LogP contribution is 2.31. The lowest BCUT2D eigenvalue weighted by molar-refractivity contribution is 0.101. The van der Waals surface area contributed by atoms with Gasteiger partial charge in [-0.3, -0.25) is 4.98 Å². The quantitative estimate of drug-likeness (QED) is 0.626. The minimum Gasteiger partial charge on any atom is -0.434 e. The Kier molecular flexibility index (Phi) is 4.98. The predicted molar refractivity (Wildman–Crippen MR) is 102 cm³/mol. The highest BCUT2D eigenvalue weighted by Gasteiger charge is 2.18. The first kappa shape index (κ1) is 18.0. The van der Waals surface area contributed by atoms with Gasteiger partial charge in [-0.25, -0.2) is 4.79 Å². The van der Waals surface area contributed by atoms with Gasteiger partial charge in [-0.1, -0.05) is 26.8 Å². The zero-order chi connectivity index (χ0) is 18.7. The molecule has 0 saturated carbocycles. The molecule has 0 aliphatic heterocycles. The van der Waals surface area contributed by atoms with Crippen molar-refractivity contribution in [2.45, 2.75) is 39.7 Å². The fourth-order valence-electron chi connectivity index (χ4n) is 2.86. The maximum Gasteiger partial charge on any atom is 0.515 e. The summed E-state index contributed by atoms with van der Waals surface area (Å²) >= 11 is 0. The second-order valence-corrected chi connectivity index (χ2v) is 7.23. The van der Waals surface area contributed by atoms with Crippen LogP contribution >= 0.6 is 0 Å². The summed E-state index contributed by atoms with van der Waals surface area (Å²) in [5.74, 6) is 0.473. The molecule has 0 spiro atoms. The van der Waals surface area contributed by atoms with Crippen LogP contribution in [0.1, 0.15) is 38.8 Å². The fourth-order valence-corrected chi connectivity index (χ4v) is 2.86. The molecule has 3 aromatic rings. The van der Waals surface area contributed by atoms with Crippen molar-refractivity contribution in [2.75, 3.05) is 6.61 Å². The molecule has 2 heterocycles. The van der Waals surface area contributed by atoms with E-state index in [4.69, 9.17) is 9.47 Å². The summed E-state index contributed by atoms with van der Waals surface area (Å²) < 4.78 is 12.4. The molecule has 0 unspecified atom stereocenters. The maximum atomic E-state index is 11.9. The van der Waals surface area contributed by atoms with E-state index in [0.29, 0.717) is 12.4 Å². The molecule has 2 aromatic heterocycles. The highest BCUT2D eigenvalue weighted by atomic mass is 16.7. The number of rotatable bonds is 4. The first-order valence-corrected chi connectivity index (χ1v) is 8.76. The van der Waals surface area contributed by atoms with Gasteiger partial charge >= 0.3 is 6.16 Å². The van der Waals surface area contributed by atoms with Crippen LogP contribution in [-0.4, -0.2) is 22.3 Å². The number of pyridine rings is 1. The zero-order valence-electron chi connectivity index (χ0n) is 15.7. The van der Waals surface area contributed by atoms with Gasteiger partial charge in [-0.05, 0) is 47.7 Å². The largest absolute Gasteiger partial charge is 0.515 e. The molecule has 0 bridgehead atoms. The van der Waals surface area contributed by atoms with Gasteiger partial charge in [0, 0.05) is 23.8 Å². The van der Waals surface area contributed by atoms with Gasteiger partial charge in [-0.2, -0.15) is 0 Å². The van der Waals surface area contributed by atoms with E-state index < -0.39 is 6.16 Å². The Morgan fingerprint density at radius 3 is 2.50 bits per heavy atom. The van der Waals surface area contributed by atoms with Gasteiger partial charge in [-0.15, -0.1) is 0 Å². The molecule has 26 heavy (non-hydrogen) atoms. The number of hydrogen-bond acceptors (Lipinski definition) is 4. The molecule has 1 aromatic carbocycles. The molecule has 136 valence electrons. The number of nitrogens with zero attached hydrogens (tertiary/aromatic N) is 2. The van der Waals surface area contributed by atoms with E-state index >= 15 is 0 Å². The van der Waals surface area contributed by atoms with E-state index in [1.807, 2.05) is 22.8 Å². The second kappa shape index (κ2) is 7.20. The Morgan fingerprint density at radius 1 is 1.12 bits per heavy atom. The summed E-state index contributed by atoms with van der Waals surface area (Å²) in [5.41, 5.74) is 3.36. The Labute approximate surface area is 153 Å². The van der Waals surface area contributed by atoms with Crippen LogP contribution in [0.25, 0.3) is 10.9 Å². The van der Waals surface area contributed by atoms with Gasteiger partial charge in [0.1, 0.15) is 0 Å².